The topological polar surface area (TPSA) is 3.24 Å². The van der Waals surface area contributed by atoms with Crippen molar-refractivity contribution in [1.29, 1.82) is 0 Å². The fourth-order valence-corrected chi connectivity index (χ4v) is 2.64. The van der Waals surface area contributed by atoms with Crippen molar-refractivity contribution >= 4 is 17.3 Å². The first-order valence-electron chi connectivity index (χ1n) is 4.72. The highest BCUT2D eigenvalue weighted by molar-refractivity contribution is 6.30. The summed E-state index contributed by atoms with van der Waals surface area (Å²) >= 11 is 6.01. The summed E-state index contributed by atoms with van der Waals surface area (Å²) in [6.07, 6.45) is 2.68. The molecule has 13 heavy (non-hydrogen) atoms. The average molecular weight is 194 g/mol. The maximum absolute atomic E-state index is 6.01. The first-order valence-corrected chi connectivity index (χ1v) is 5.10. The van der Waals surface area contributed by atoms with Gasteiger partial charge in [-0.1, -0.05) is 11.6 Å². The molecule has 1 fully saturated rings. The van der Waals surface area contributed by atoms with Crippen molar-refractivity contribution in [2.45, 2.75) is 18.3 Å². The van der Waals surface area contributed by atoms with Gasteiger partial charge in [0.05, 0.1) is 0 Å². The SMILES string of the molecule is CN1CC2(CC2)c2cc(Cl)ccc21. The lowest BCUT2D eigenvalue weighted by Gasteiger charge is -2.11. The predicted molar refractivity (Wildman–Crippen MR) is 55.6 cm³/mol. The lowest BCUT2D eigenvalue weighted by atomic mass is 9.99. The van der Waals surface area contributed by atoms with E-state index in [1.54, 1.807) is 0 Å². The Morgan fingerprint density at radius 2 is 2.15 bits per heavy atom. The Labute approximate surface area is 83.3 Å². The van der Waals surface area contributed by atoms with Crippen molar-refractivity contribution in [3.05, 3.63) is 28.8 Å². The van der Waals surface area contributed by atoms with Crippen molar-refractivity contribution in [2.75, 3.05) is 18.5 Å². The number of halogens is 1. The number of anilines is 1. The largest absolute Gasteiger partial charge is 0.373 e. The Bertz CT molecular complexity index is 368. The first-order chi connectivity index (χ1) is 6.21. The molecule has 0 aromatic heterocycles. The van der Waals surface area contributed by atoms with Crippen LogP contribution in [0.4, 0.5) is 5.69 Å². The molecular weight excluding hydrogens is 182 g/mol. The molecule has 0 unspecified atom stereocenters. The van der Waals surface area contributed by atoms with Crippen molar-refractivity contribution in [2.24, 2.45) is 0 Å². The second-order valence-corrected chi connectivity index (χ2v) is 4.73. The Kier molecular flexibility index (Phi) is 1.31. The molecule has 0 atom stereocenters. The molecule has 1 saturated carbocycles. The van der Waals surface area contributed by atoms with Crippen LogP contribution in [0.1, 0.15) is 18.4 Å². The standard InChI is InChI=1S/C11H12ClN/c1-13-7-11(4-5-11)9-6-8(12)2-3-10(9)13/h2-3,6H,4-5,7H2,1H3. The van der Waals surface area contributed by atoms with Gasteiger partial charge in [-0.25, -0.2) is 0 Å². The Morgan fingerprint density at radius 1 is 1.38 bits per heavy atom. The van der Waals surface area contributed by atoms with Crippen LogP contribution in [0.5, 0.6) is 0 Å². The summed E-state index contributed by atoms with van der Waals surface area (Å²) in [6, 6.07) is 6.27. The van der Waals surface area contributed by atoms with E-state index in [0.29, 0.717) is 5.41 Å². The van der Waals surface area contributed by atoms with Gasteiger partial charge in [0, 0.05) is 29.7 Å². The molecule has 3 rings (SSSR count). The van der Waals surface area contributed by atoms with Crippen molar-refractivity contribution in [3.8, 4) is 0 Å². The normalized spacial score (nSPS) is 22.2. The minimum absolute atomic E-state index is 0.481. The van der Waals surface area contributed by atoms with Crippen molar-refractivity contribution in [3.63, 3.8) is 0 Å². The smallest absolute Gasteiger partial charge is 0.0410 e. The molecule has 0 N–H and O–H groups in total. The van der Waals surface area contributed by atoms with E-state index in [4.69, 9.17) is 11.6 Å². The Hall–Kier alpha value is -0.690. The molecule has 0 radical (unpaired) electrons. The van der Waals surface area contributed by atoms with Crippen LogP contribution in [0.25, 0.3) is 0 Å². The van der Waals surface area contributed by atoms with Gasteiger partial charge in [0.1, 0.15) is 0 Å². The minimum Gasteiger partial charge on any atom is -0.373 e. The highest BCUT2D eigenvalue weighted by Crippen LogP contribution is 2.56. The number of rotatable bonds is 0. The van der Waals surface area contributed by atoms with Crippen molar-refractivity contribution in [1.82, 2.24) is 0 Å². The van der Waals surface area contributed by atoms with E-state index >= 15 is 0 Å². The van der Waals surface area contributed by atoms with Gasteiger partial charge in [0.15, 0.2) is 0 Å². The van der Waals surface area contributed by atoms with Gasteiger partial charge in [-0.05, 0) is 36.6 Å². The van der Waals surface area contributed by atoms with E-state index in [9.17, 15) is 0 Å². The molecule has 0 bridgehead atoms. The molecule has 1 aromatic rings. The van der Waals surface area contributed by atoms with E-state index < -0.39 is 0 Å². The lowest BCUT2D eigenvalue weighted by Crippen LogP contribution is -2.18. The third-order valence-corrected chi connectivity index (χ3v) is 3.57. The zero-order valence-electron chi connectivity index (χ0n) is 7.68. The van der Waals surface area contributed by atoms with Gasteiger partial charge < -0.3 is 4.90 Å². The zero-order chi connectivity index (χ0) is 9.05. The minimum atomic E-state index is 0.481. The molecule has 1 heterocycles. The van der Waals surface area contributed by atoms with E-state index in [-0.39, 0.29) is 0 Å². The molecule has 0 saturated heterocycles. The highest BCUT2D eigenvalue weighted by atomic mass is 35.5. The van der Waals surface area contributed by atoms with Gasteiger partial charge in [0.25, 0.3) is 0 Å². The maximum Gasteiger partial charge on any atom is 0.0410 e. The summed E-state index contributed by atoms with van der Waals surface area (Å²) in [7, 11) is 2.17. The van der Waals surface area contributed by atoms with Crippen LogP contribution in [0.15, 0.2) is 18.2 Å². The fourth-order valence-electron chi connectivity index (χ4n) is 2.47. The van der Waals surface area contributed by atoms with Crippen LogP contribution in [0.3, 0.4) is 0 Å². The van der Waals surface area contributed by atoms with Crippen LogP contribution < -0.4 is 4.90 Å². The monoisotopic (exact) mass is 193 g/mol. The summed E-state index contributed by atoms with van der Waals surface area (Å²) in [5.74, 6) is 0. The molecule has 2 aliphatic rings. The number of nitrogens with zero attached hydrogens (tertiary/aromatic N) is 1. The van der Waals surface area contributed by atoms with Gasteiger partial charge >= 0.3 is 0 Å². The van der Waals surface area contributed by atoms with Crippen LogP contribution in [0, 0.1) is 0 Å². The van der Waals surface area contributed by atoms with Gasteiger partial charge in [-0.2, -0.15) is 0 Å². The quantitative estimate of drug-likeness (QED) is 0.613. The molecule has 0 amide bonds. The molecule has 1 nitrogen and oxygen atoms in total. The number of fused-ring (bicyclic) bond motifs is 2. The number of hydrogen-bond donors (Lipinski definition) is 0. The summed E-state index contributed by atoms with van der Waals surface area (Å²) in [5, 5.41) is 0.875. The van der Waals surface area contributed by atoms with E-state index in [2.05, 4.69) is 24.1 Å². The third kappa shape index (κ3) is 0.939. The average Bonchev–Trinajstić information content (AvgIpc) is 2.79. The predicted octanol–water partition coefficient (Wildman–Crippen LogP) is 2.82. The third-order valence-electron chi connectivity index (χ3n) is 3.33. The van der Waals surface area contributed by atoms with Gasteiger partial charge in [0.2, 0.25) is 0 Å². The van der Waals surface area contributed by atoms with E-state index in [0.717, 1.165) is 5.02 Å². The highest BCUT2D eigenvalue weighted by Gasteiger charge is 2.50. The second kappa shape index (κ2) is 2.21. The Balaban J connectivity index is 2.20. The Morgan fingerprint density at radius 3 is 2.85 bits per heavy atom. The molecule has 1 aliphatic carbocycles. The van der Waals surface area contributed by atoms with Crippen LogP contribution in [-0.2, 0) is 5.41 Å². The van der Waals surface area contributed by atoms with Crippen LogP contribution >= 0.6 is 11.6 Å². The van der Waals surface area contributed by atoms with Gasteiger partial charge in [-0.3, -0.25) is 0 Å². The summed E-state index contributed by atoms with van der Waals surface area (Å²) in [4.78, 5) is 2.35. The van der Waals surface area contributed by atoms with E-state index in [1.807, 2.05) is 6.07 Å². The van der Waals surface area contributed by atoms with Crippen LogP contribution in [-0.4, -0.2) is 13.6 Å². The summed E-state index contributed by atoms with van der Waals surface area (Å²) in [6.45, 7) is 1.18. The fraction of sp³-hybridized carbons (Fsp3) is 0.455. The molecule has 1 spiro atoms. The molecular formula is C11H12ClN. The molecule has 68 valence electrons. The number of benzene rings is 1. The zero-order valence-corrected chi connectivity index (χ0v) is 8.43. The first kappa shape index (κ1) is 7.69. The molecule has 1 aliphatic heterocycles. The summed E-state index contributed by atoms with van der Waals surface area (Å²) < 4.78 is 0. The number of hydrogen-bond acceptors (Lipinski definition) is 1. The second-order valence-electron chi connectivity index (χ2n) is 4.30. The number of likely N-dealkylation sites (N-methyl/N-ethyl adjacent to an activating group) is 1. The maximum atomic E-state index is 6.01. The van der Waals surface area contributed by atoms with Gasteiger partial charge in [-0.15, -0.1) is 0 Å². The van der Waals surface area contributed by atoms with E-state index in [1.165, 1.54) is 30.6 Å². The lowest BCUT2D eigenvalue weighted by molar-refractivity contribution is 0.731. The molecule has 2 heteroatoms. The summed E-state index contributed by atoms with van der Waals surface area (Å²) in [5.41, 5.74) is 3.33. The van der Waals surface area contributed by atoms with Crippen molar-refractivity contribution < 1.29 is 0 Å². The molecule has 1 aromatic carbocycles. The van der Waals surface area contributed by atoms with Crippen LogP contribution in [0.2, 0.25) is 5.02 Å².